The second kappa shape index (κ2) is 6.75. The number of amides is 2. The van der Waals surface area contributed by atoms with Gasteiger partial charge in [0.25, 0.3) is 0 Å². The van der Waals surface area contributed by atoms with Gasteiger partial charge in [-0.3, -0.25) is 18.7 Å². The van der Waals surface area contributed by atoms with Crippen LogP contribution in [0.5, 0.6) is 0 Å². The molecule has 7 heteroatoms. The van der Waals surface area contributed by atoms with Gasteiger partial charge >= 0.3 is 5.69 Å². The van der Waals surface area contributed by atoms with Crippen LogP contribution in [0.15, 0.2) is 53.3 Å². The number of para-hydroxylation sites is 2. The van der Waals surface area contributed by atoms with Gasteiger partial charge in [-0.25, -0.2) is 4.79 Å². The third-order valence-corrected chi connectivity index (χ3v) is 4.87. The zero-order valence-electron chi connectivity index (χ0n) is 15.0. The second-order valence-corrected chi connectivity index (χ2v) is 6.66. The number of hydrogen-bond donors (Lipinski definition) is 1. The lowest BCUT2D eigenvalue weighted by Crippen LogP contribution is -2.28. The van der Waals surface area contributed by atoms with Crippen LogP contribution in [0.4, 0.5) is 11.4 Å². The minimum atomic E-state index is -0.293. The number of hydrogen-bond acceptors (Lipinski definition) is 3. The minimum absolute atomic E-state index is 0.0763. The van der Waals surface area contributed by atoms with Gasteiger partial charge in [0.1, 0.15) is 6.54 Å². The summed E-state index contributed by atoms with van der Waals surface area (Å²) in [5.41, 5.74) is 2.65. The van der Waals surface area contributed by atoms with Crippen LogP contribution in [-0.4, -0.2) is 27.5 Å². The van der Waals surface area contributed by atoms with E-state index < -0.39 is 0 Å². The maximum absolute atomic E-state index is 12.5. The average molecular weight is 364 g/mol. The van der Waals surface area contributed by atoms with Crippen LogP contribution in [0.2, 0.25) is 0 Å². The zero-order valence-corrected chi connectivity index (χ0v) is 15.0. The van der Waals surface area contributed by atoms with Crippen molar-refractivity contribution in [2.75, 3.05) is 16.8 Å². The molecule has 0 atom stereocenters. The predicted molar refractivity (Wildman–Crippen MR) is 104 cm³/mol. The highest BCUT2D eigenvalue weighted by molar-refractivity contribution is 5.97. The first-order valence-corrected chi connectivity index (χ1v) is 8.89. The molecule has 0 aliphatic carbocycles. The molecule has 0 saturated carbocycles. The Hall–Kier alpha value is -3.35. The molecule has 0 spiro atoms. The molecular formula is C20H20N4O3. The molecule has 7 nitrogen and oxygen atoms in total. The van der Waals surface area contributed by atoms with Crippen molar-refractivity contribution in [1.82, 2.24) is 9.13 Å². The molecule has 4 rings (SSSR count). The number of benzene rings is 2. The molecule has 3 aromatic rings. The van der Waals surface area contributed by atoms with Crippen LogP contribution < -0.4 is 15.9 Å². The average Bonchev–Trinajstić information content (AvgIpc) is 3.20. The molecule has 2 aromatic carbocycles. The molecule has 1 N–H and O–H groups in total. The van der Waals surface area contributed by atoms with Gasteiger partial charge in [0.2, 0.25) is 11.8 Å². The summed E-state index contributed by atoms with van der Waals surface area (Å²) in [6, 6.07) is 14.6. The van der Waals surface area contributed by atoms with Crippen molar-refractivity contribution in [2.24, 2.45) is 7.05 Å². The summed E-state index contributed by atoms with van der Waals surface area (Å²) in [7, 11) is 1.69. The van der Waals surface area contributed by atoms with E-state index in [4.69, 9.17) is 0 Å². The molecule has 2 amide bonds. The van der Waals surface area contributed by atoms with Gasteiger partial charge in [-0.1, -0.05) is 18.2 Å². The molecular weight excluding hydrogens is 344 g/mol. The van der Waals surface area contributed by atoms with Crippen molar-refractivity contribution in [2.45, 2.75) is 19.4 Å². The SMILES string of the molecule is Cn1c(=O)n(CC(=O)Nc2cccc(N3CCCC3=O)c2)c2ccccc21. The largest absolute Gasteiger partial charge is 0.329 e. The summed E-state index contributed by atoms with van der Waals surface area (Å²) in [5.74, 6) is -0.195. The summed E-state index contributed by atoms with van der Waals surface area (Å²) < 4.78 is 2.99. The summed E-state index contributed by atoms with van der Waals surface area (Å²) in [4.78, 5) is 38.6. The first-order chi connectivity index (χ1) is 13.0. The van der Waals surface area contributed by atoms with E-state index in [1.165, 1.54) is 9.13 Å². The normalized spacial score (nSPS) is 14.1. The van der Waals surface area contributed by atoms with Crippen LogP contribution in [0.25, 0.3) is 11.0 Å². The number of nitrogens with one attached hydrogen (secondary N) is 1. The molecule has 1 saturated heterocycles. The Morgan fingerprint density at radius 3 is 2.59 bits per heavy atom. The van der Waals surface area contributed by atoms with Gasteiger partial charge in [0, 0.05) is 31.4 Å². The number of carbonyl (C=O) groups is 2. The third-order valence-electron chi connectivity index (χ3n) is 4.87. The Bertz CT molecular complexity index is 1100. The van der Waals surface area contributed by atoms with Crippen LogP contribution in [0.1, 0.15) is 12.8 Å². The Labute approximate surface area is 155 Å². The van der Waals surface area contributed by atoms with E-state index in [0.29, 0.717) is 18.7 Å². The fourth-order valence-corrected chi connectivity index (χ4v) is 3.53. The van der Waals surface area contributed by atoms with Crippen LogP contribution in [0, 0.1) is 0 Å². The van der Waals surface area contributed by atoms with E-state index in [1.54, 1.807) is 30.1 Å². The number of aryl methyl sites for hydroxylation is 1. The third kappa shape index (κ3) is 3.12. The number of aromatic nitrogens is 2. The molecule has 1 aliphatic rings. The smallest absolute Gasteiger partial charge is 0.324 e. The minimum Gasteiger partial charge on any atom is -0.324 e. The van der Waals surface area contributed by atoms with Crippen molar-refractivity contribution in [3.63, 3.8) is 0 Å². The van der Waals surface area contributed by atoms with Crippen molar-refractivity contribution < 1.29 is 9.59 Å². The summed E-state index contributed by atoms with van der Waals surface area (Å²) in [5, 5.41) is 2.82. The van der Waals surface area contributed by atoms with Crippen molar-refractivity contribution in [1.29, 1.82) is 0 Å². The van der Waals surface area contributed by atoms with Crippen LogP contribution in [-0.2, 0) is 23.2 Å². The number of nitrogens with zero attached hydrogens (tertiary/aromatic N) is 3. The van der Waals surface area contributed by atoms with Gasteiger partial charge in [-0.15, -0.1) is 0 Å². The van der Waals surface area contributed by atoms with E-state index in [-0.39, 0.29) is 24.0 Å². The lowest BCUT2D eigenvalue weighted by atomic mass is 10.2. The standard InChI is InChI=1S/C20H20N4O3/c1-22-16-8-2-3-9-17(16)24(20(22)27)13-18(25)21-14-6-4-7-15(12-14)23-11-5-10-19(23)26/h2-4,6-9,12H,5,10-11,13H2,1H3,(H,21,25). The lowest BCUT2D eigenvalue weighted by Gasteiger charge is -2.16. The number of anilines is 2. The molecule has 0 radical (unpaired) electrons. The highest BCUT2D eigenvalue weighted by atomic mass is 16.2. The van der Waals surface area contributed by atoms with E-state index in [0.717, 1.165) is 23.1 Å². The number of imidazole rings is 1. The highest BCUT2D eigenvalue weighted by Crippen LogP contribution is 2.24. The van der Waals surface area contributed by atoms with Gasteiger partial charge in [0.15, 0.2) is 0 Å². The molecule has 1 aromatic heterocycles. The summed E-state index contributed by atoms with van der Waals surface area (Å²) in [6.45, 7) is 0.620. The molecule has 0 unspecified atom stereocenters. The van der Waals surface area contributed by atoms with Gasteiger partial charge in [0.05, 0.1) is 11.0 Å². The number of fused-ring (bicyclic) bond motifs is 1. The van der Waals surface area contributed by atoms with Crippen molar-refractivity contribution in [3.05, 3.63) is 59.0 Å². The van der Waals surface area contributed by atoms with Crippen molar-refractivity contribution in [3.8, 4) is 0 Å². The lowest BCUT2D eigenvalue weighted by molar-refractivity contribution is -0.117. The molecule has 27 heavy (non-hydrogen) atoms. The van der Waals surface area contributed by atoms with E-state index in [9.17, 15) is 14.4 Å². The fourth-order valence-electron chi connectivity index (χ4n) is 3.53. The quantitative estimate of drug-likeness (QED) is 0.770. The fraction of sp³-hybridized carbons (Fsp3) is 0.250. The monoisotopic (exact) mass is 364 g/mol. The van der Waals surface area contributed by atoms with Crippen LogP contribution in [0.3, 0.4) is 0 Å². The first-order valence-electron chi connectivity index (χ1n) is 8.89. The topological polar surface area (TPSA) is 76.3 Å². The Kier molecular flexibility index (Phi) is 4.27. The Morgan fingerprint density at radius 1 is 1.07 bits per heavy atom. The Balaban J connectivity index is 1.55. The molecule has 1 fully saturated rings. The predicted octanol–water partition coefficient (Wildman–Crippen LogP) is 2.11. The Morgan fingerprint density at radius 2 is 1.85 bits per heavy atom. The van der Waals surface area contributed by atoms with Gasteiger partial charge in [-0.05, 0) is 36.8 Å². The summed E-state index contributed by atoms with van der Waals surface area (Å²) >= 11 is 0. The summed E-state index contributed by atoms with van der Waals surface area (Å²) in [6.07, 6.45) is 1.40. The molecule has 138 valence electrons. The highest BCUT2D eigenvalue weighted by Gasteiger charge is 2.22. The zero-order chi connectivity index (χ0) is 19.0. The van der Waals surface area contributed by atoms with Crippen molar-refractivity contribution >= 4 is 34.2 Å². The van der Waals surface area contributed by atoms with E-state index in [1.807, 2.05) is 30.3 Å². The number of carbonyl (C=O) groups excluding carboxylic acids is 2. The molecule has 1 aliphatic heterocycles. The van der Waals surface area contributed by atoms with Gasteiger partial charge in [-0.2, -0.15) is 0 Å². The van der Waals surface area contributed by atoms with Gasteiger partial charge < -0.3 is 10.2 Å². The first kappa shape index (κ1) is 17.1. The maximum atomic E-state index is 12.5. The molecule has 0 bridgehead atoms. The van der Waals surface area contributed by atoms with E-state index in [2.05, 4.69) is 5.32 Å². The maximum Gasteiger partial charge on any atom is 0.329 e. The van der Waals surface area contributed by atoms with Crippen LogP contribution >= 0.6 is 0 Å². The van der Waals surface area contributed by atoms with E-state index >= 15 is 0 Å². The molecule has 2 heterocycles. The second-order valence-electron chi connectivity index (χ2n) is 6.66. The number of rotatable bonds is 4.